The summed E-state index contributed by atoms with van der Waals surface area (Å²) in [5.41, 5.74) is 7.45. The molecule has 1 aromatic rings. The highest BCUT2D eigenvalue weighted by Crippen LogP contribution is 2.36. The van der Waals surface area contributed by atoms with E-state index in [2.05, 4.69) is 4.90 Å². The number of benzene rings is 1. The van der Waals surface area contributed by atoms with Crippen molar-refractivity contribution in [3.63, 3.8) is 0 Å². The van der Waals surface area contributed by atoms with Crippen molar-refractivity contribution < 1.29 is 9.84 Å². The number of rotatable bonds is 3. The fraction of sp³-hybridized carbons (Fsp3) is 0.625. The van der Waals surface area contributed by atoms with Crippen molar-refractivity contribution in [2.24, 2.45) is 17.6 Å². The smallest absolute Gasteiger partial charge is 0.160 e. The van der Waals surface area contributed by atoms with Crippen molar-refractivity contribution in [2.45, 2.75) is 31.8 Å². The fourth-order valence-electron chi connectivity index (χ4n) is 3.82. The summed E-state index contributed by atoms with van der Waals surface area (Å²) >= 11 is 0. The lowest BCUT2D eigenvalue weighted by Crippen LogP contribution is -2.38. The molecule has 3 unspecified atom stereocenters. The molecule has 20 heavy (non-hydrogen) atoms. The molecule has 1 aliphatic heterocycles. The number of hydrogen-bond acceptors (Lipinski definition) is 4. The molecule has 4 heteroatoms. The van der Waals surface area contributed by atoms with E-state index in [0.29, 0.717) is 17.7 Å². The third-order valence-electron chi connectivity index (χ3n) is 4.88. The van der Waals surface area contributed by atoms with Gasteiger partial charge in [0.05, 0.1) is 7.11 Å². The van der Waals surface area contributed by atoms with Gasteiger partial charge in [-0.3, -0.25) is 4.90 Å². The number of phenols is 1. The third kappa shape index (κ3) is 2.63. The van der Waals surface area contributed by atoms with Gasteiger partial charge < -0.3 is 15.6 Å². The second-order valence-electron chi connectivity index (χ2n) is 6.22. The second-order valence-corrected chi connectivity index (χ2v) is 6.22. The molecular weight excluding hydrogens is 252 g/mol. The number of nitrogens with zero attached hydrogens (tertiary/aromatic N) is 1. The van der Waals surface area contributed by atoms with Crippen molar-refractivity contribution in [3.05, 3.63) is 23.8 Å². The number of nitrogens with two attached hydrogens (primary N) is 1. The van der Waals surface area contributed by atoms with Gasteiger partial charge in [0, 0.05) is 25.7 Å². The van der Waals surface area contributed by atoms with Crippen LogP contribution >= 0.6 is 0 Å². The fourth-order valence-corrected chi connectivity index (χ4v) is 3.82. The van der Waals surface area contributed by atoms with Crippen LogP contribution in [0.4, 0.5) is 0 Å². The molecule has 3 atom stereocenters. The number of methoxy groups -OCH3 is 1. The first-order chi connectivity index (χ1) is 9.67. The zero-order valence-corrected chi connectivity index (χ0v) is 12.1. The minimum absolute atomic E-state index is 0.202. The van der Waals surface area contributed by atoms with E-state index >= 15 is 0 Å². The molecule has 3 N–H and O–H groups in total. The maximum absolute atomic E-state index is 9.64. The molecule has 110 valence electrons. The third-order valence-corrected chi connectivity index (χ3v) is 4.88. The molecule has 1 saturated carbocycles. The van der Waals surface area contributed by atoms with Gasteiger partial charge in [-0.2, -0.15) is 0 Å². The number of fused-ring (bicyclic) bond motifs is 1. The Morgan fingerprint density at radius 3 is 2.95 bits per heavy atom. The summed E-state index contributed by atoms with van der Waals surface area (Å²) < 4.78 is 5.17. The Bertz CT molecular complexity index is 478. The summed E-state index contributed by atoms with van der Waals surface area (Å²) in [6.45, 7) is 3.17. The summed E-state index contributed by atoms with van der Waals surface area (Å²) in [5.74, 6) is 2.20. The molecule has 3 rings (SSSR count). The van der Waals surface area contributed by atoms with Gasteiger partial charge in [0.25, 0.3) is 0 Å². The average Bonchev–Trinajstić information content (AvgIpc) is 2.85. The van der Waals surface area contributed by atoms with Crippen LogP contribution in [-0.2, 0) is 6.54 Å². The topological polar surface area (TPSA) is 58.7 Å². The first-order valence-corrected chi connectivity index (χ1v) is 7.51. The molecule has 0 radical (unpaired) electrons. The van der Waals surface area contributed by atoms with Gasteiger partial charge in [0.15, 0.2) is 11.5 Å². The Hall–Kier alpha value is -1.26. The van der Waals surface area contributed by atoms with Crippen LogP contribution in [0, 0.1) is 11.8 Å². The maximum atomic E-state index is 9.64. The minimum atomic E-state index is 0.202. The van der Waals surface area contributed by atoms with E-state index in [0.717, 1.165) is 25.6 Å². The number of ether oxygens (including phenoxy) is 1. The molecule has 1 saturated heterocycles. The molecule has 0 aromatic heterocycles. The lowest BCUT2D eigenvalue weighted by molar-refractivity contribution is 0.259. The predicted molar refractivity (Wildman–Crippen MR) is 78.7 cm³/mol. The lowest BCUT2D eigenvalue weighted by atomic mass is 9.78. The summed E-state index contributed by atoms with van der Waals surface area (Å²) in [5, 5.41) is 9.64. The van der Waals surface area contributed by atoms with Gasteiger partial charge in [0.2, 0.25) is 0 Å². The SMILES string of the molecule is COc1cc(CN2CC3CCCC(N)C3C2)ccc1O. The van der Waals surface area contributed by atoms with E-state index in [1.165, 1.54) is 24.8 Å². The molecular formula is C16H24N2O2. The summed E-state index contributed by atoms with van der Waals surface area (Å²) in [4.78, 5) is 2.49. The van der Waals surface area contributed by atoms with Crippen molar-refractivity contribution in [3.8, 4) is 11.5 Å². The molecule has 0 amide bonds. The highest BCUT2D eigenvalue weighted by atomic mass is 16.5. The van der Waals surface area contributed by atoms with Crippen molar-refractivity contribution in [1.29, 1.82) is 0 Å². The molecule has 1 aromatic carbocycles. The number of likely N-dealkylation sites (tertiary alicyclic amines) is 1. The van der Waals surface area contributed by atoms with Crippen LogP contribution in [0.1, 0.15) is 24.8 Å². The molecule has 0 bridgehead atoms. The summed E-state index contributed by atoms with van der Waals surface area (Å²) in [6, 6.07) is 5.99. The van der Waals surface area contributed by atoms with Crippen LogP contribution in [-0.4, -0.2) is 36.2 Å². The second kappa shape index (κ2) is 5.62. The Kier molecular flexibility index (Phi) is 3.85. The van der Waals surface area contributed by atoms with Crippen LogP contribution < -0.4 is 10.5 Å². The van der Waals surface area contributed by atoms with E-state index in [-0.39, 0.29) is 5.75 Å². The lowest BCUT2D eigenvalue weighted by Gasteiger charge is -2.29. The number of phenolic OH excluding ortho intramolecular Hbond substituents is 1. The average molecular weight is 276 g/mol. The van der Waals surface area contributed by atoms with Crippen LogP contribution in [0.25, 0.3) is 0 Å². The number of aromatic hydroxyl groups is 1. The Labute approximate surface area is 120 Å². The molecule has 0 spiro atoms. The minimum Gasteiger partial charge on any atom is -0.504 e. The van der Waals surface area contributed by atoms with E-state index < -0.39 is 0 Å². The molecule has 4 nitrogen and oxygen atoms in total. The van der Waals surface area contributed by atoms with Gasteiger partial charge >= 0.3 is 0 Å². The molecule has 1 heterocycles. The van der Waals surface area contributed by atoms with Gasteiger partial charge in [0.1, 0.15) is 0 Å². The van der Waals surface area contributed by atoms with E-state index in [9.17, 15) is 5.11 Å². The maximum Gasteiger partial charge on any atom is 0.160 e. The summed E-state index contributed by atoms with van der Waals surface area (Å²) in [7, 11) is 1.59. The van der Waals surface area contributed by atoms with E-state index in [1.54, 1.807) is 13.2 Å². The van der Waals surface area contributed by atoms with Crippen LogP contribution in [0.2, 0.25) is 0 Å². The van der Waals surface area contributed by atoms with Crippen LogP contribution in [0.15, 0.2) is 18.2 Å². The Morgan fingerprint density at radius 1 is 1.35 bits per heavy atom. The highest BCUT2D eigenvalue weighted by Gasteiger charge is 2.38. The Balaban J connectivity index is 1.67. The van der Waals surface area contributed by atoms with E-state index in [4.69, 9.17) is 10.5 Å². The van der Waals surface area contributed by atoms with Crippen LogP contribution in [0.5, 0.6) is 11.5 Å². The highest BCUT2D eigenvalue weighted by molar-refractivity contribution is 5.41. The molecule has 2 aliphatic rings. The van der Waals surface area contributed by atoms with E-state index in [1.807, 2.05) is 12.1 Å². The zero-order valence-electron chi connectivity index (χ0n) is 12.1. The molecule has 2 fully saturated rings. The first-order valence-electron chi connectivity index (χ1n) is 7.51. The normalized spacial score (nSPS) is 30.2. The Morgan fingerprint density at radius 2 is 2.20 bits per heavy atom. The predicted octanol–water partition coefficient (Wildman–Crippen LogP) is 1.96. The van der Waals surface area contributed by atoms with Crippen molar-refractivity contribution >= 4 is 0 Å². The summed E-state index contributed by atoms with van der Waals surface area (Å²) in [6.07, 6.45) is 3.79. The largest absolute Gasteiger partial charge is 0.504 e. The van der Waals surface area contributed by atoms with Crippen LogP contribution in [0.3, 0.4) is 0 Å². The quantitative estimate of drug-likeness (QED) is 0.886. The standard InChI is InChI=1S/C16H24N2O2/c1-20-16-7-11(5-6-15(16)19)8-18-9-12-3-2-4-14(17)13(12)10-18/h5-7,12-14,19H,2-4,8-10,17H2,1H3. The zero-order chi connectivity index (χ0) is 14.1. The number of hydrogen-bond donors (Lipinski definition) is 2. The van der Waals surface area contributed by atoms with Gasteiger partial charge in [-0.05, 0) is 42.4 Å². The van der Waals surface area contributed by atoms with Gasteiger partial charge in [-0.1, -0.05) is 12.5 Å². The van der Waals surface area contributed by atoms with Crippen molar-refractivity contribution in [1.82, 2.24) is 4.90 Å². The monoisotopic (exact) mass is 276 g/mol. The first kappa shape index (κ1) is 13.7. The van der Waals surface area contributed by atoms with Gasteiger partial charge in [-0.25, -0.2) is 0 Å². The van der Waals surface area contributed by atoms with Gasteiger partial charge in [-0.15, -0.1) is 0 Å². The van der Waals surface area contributed by atoms with Crippen molar-refractivity contribution in [2.75, 3.05) is 20.2 Å². The molecule has 1 aliphatic carbocycles.